The van der Waals surface area contributed by atoms with Crippen molar-refractivity contribution in [2.24, 2.45) is 5.92 Å². The SMILES string of the molecule is CCOC(=O)C1CCN(C(c2ccccc2)c2c(O)cc(C)n(Cc3ccccc3)c2=O)CC1. The van der Waals surface area contributed by atoms with Gasteiger partial charge in [0.15, 0.2) is 0 Å². The van der Waals surface area contributed by atoms with Crippen molar-refractivity contribution in [3.63, 3.8) is 0 Å². The van der Waals surface area contributed by atoms with Crippen LogP contribution in [-0.4, -0.2) is 40.2 Å². The van der Waals surface area contributed by atoms with Crippen molar-refractivity contribution in [1.82, 2.24) is 9.47 Å². The standard InChI is InChI=1S/C28H32N2O4/c1-3-34-28(33)23-14-16-29(17-15-23)26(22-12-8-5-9-13-22)25-24(31)18-20(2)30(27(25)32)19-21-10-6-4-7-11-21/h4-13,18,23,26,31H,3,14-17,19H2,1-2H3. The largest absolute Gasteiger partial charge is 0.507 e. The Morgan fingerprint density at radius 2 is 1.68 bits per heavy atom. The summed E-state index contributed by atoms with van der Waals surface area (Å²) in [5.41, 5.74) is 2.86. The lowest BCUT2D eigenvalue weighted by Gasteiger charge is -2.37. The Kier molecular flexibility index (Phi) is 7.48. The van der Waals surface area contributed by atoms with Gasteiger partial charge in [0.2, 0.25) is 0 Å². The first-order valence-electron chi connectivity index (χ1n) is 11.9. The number of piperidine rings is 1. The smallest absolute Gasteiger partial charge is 0.309 e. The molecule has 1 fully saturated rings. The molecule has 34 heavy (non-hydrogen) atoms. The molecule has 178 valence electrons. The molecule has 0 amide bonds. The molecule has 3 aromatic rings. The summed E-state index contributed by atoms with van der Waals surface area (Å²) in [5, 5.41) is 11.0. The zero-order valence-corrected chi connectivity index (χ0v) is 19.8. The number of esters is 1. The lowest BCUT2D eigenvalue weighted by molar-refractivity contribution is -0.149. The minimum absolute atomic E-state index is 0.00757. The first kappa shape index (κ1) is 23.8. The third kappa shape index (κ3) is 5.07. The fourth-order valence-corrected chi connectivity index (χ4v) is 4.84. The highest BCUT2D eigenvalue weighted by Crippen LogP contribution is 2.35. The van der Waals surface area contributed by atoms with Gasteiger partial charge in [-0.2, -0.15) is 0 Å². The van der Waals surface area contributed by atoms with Gasteiger partial charge in [-0.3, -0.25) is 14.5 Å². The zero-order chi connectivity index (χ0) is 24.1. The van der Waals surface area contributed by atoms with Gasteiger partial charge in [-0.1, -0.05) is 60.7 Å². The number of pyridine rings is 1. The minimum Gasteiger partial charge on any atom is -0.507 e. The first-order chi connectivity index (χ1) is 16.5. The van der Waals surface area contributed by atoms with Gasteiger partial charge in [-0.05, 0) is 57.0 Å². The van der Waals surface area contributed by atoms with Crippen LogP contribution in [0.2, 0.25) is 0 Å². The Morgan fingerprint density at radius 3 is 2.29 bits per heavy atom. The lowest BCUT2D eigenvalue weighted by atomic mass is 9.91. The fraction of sp³-hybridized carbons (Fsp3) is 0.357. The average molecular weight is 461 g/mol. The topological polar surface area (TPSA) is 71.8 Å². The maximum absolute atomic E-state index is 13.8. The number of aryl methyl sites for hydroxylation is 1. The van der Waals surface area contributed by atoms with Crippen LogP contribution >= 0.6 is 0 Å². The Hall–Kier alpha value is -3.38. The van der Waals surface area contributed by atoms with E-state index in [4.69, 9.17) is 4.74 Å². The molecule has 0 bridgehead atoms. The fourth-order valence-electron chi connectivity index (χ4n) is 4.84. The van der Waals surface area contributed by atoms with E-state index in [2.05, 4.69) is 4.90 Å². The van der Waals surface area contributed by atoms with Gasteiger partial charge in [-0.25, -0.2) is 0 Å². The van der Waals surface area contributed by atoms with E-state index in [0.717, 1.165) is 11.1 Å². The summed E-state index contributed by atoms with van der Waals surface area (Å²) in [6.45, 7) is 5.74. The maximum atomic E-state index is 13.8. The van der Waals surface area contributed by atoms with Crippen LogP contribution in [0.1, 0.15) is 48.2 Å². The molecule has 1 atom stereocenters. The number of rotatable bonds is 7. The molecule has 1 unspecified atom stereocenters. The number of carbonyl (C=O) groups excluding carboxylic acids is 1. The van der Waals surface area contributed by atoms with Crippen molar-refractivity contribution >= 4 is 5.97 Å². The summed E-state index contributed by atoms with van der Waals surface area (Å²) in [6.07, 6.45) is 1.32. The van der Waals surface area contributed by atoms with Gasteiger partial charge < -0.3 is 14.4 Å². The van der Waals surface area contributed by atoms with Crippen LogP contribution in [0.25, 0.3) is 0 Å². The molecule has 6 nitrogen and oxygen atoms in total. The highest BCUT2D eigenvalue weighted by atomic mass is 16.5. The van der Waals surface area contributed by atoms with E-state index in [0.29, 0.717) is 50.3 Å². The molecule has 6 heteroatoms. The summed E-state index contributed by atoms with van der Waals surface area (Å²) in [7, 11) is 0. The number of nitrogens with zero attached hydrogens (tertiary/aromatic N) is 2. The van der Waals surface area contributed by atoms with Crippen LogP contribution in [-0.2, 0) is 16.1 Å². The number of aromatic hydroxyl groups is 1. The van der Waals surface area contributed by atoms with Gasteiger partial charge in [-0.15, -0.1) is 0 Å². The van der Waals surface area contributed by atoms with Crippen LogP contribution in [0.3, 0.4) is 0 Å². The second kappa shape index (κ2) is 10.7. The second-order valence-electron chi connectivity index (χ2n) is 8.84. The number of carbonyl (C=O) groups is 1. The zero-order valence-electron chi connectivity index (χ0n) is 19.8. The Labute approximate surface area is 200 Å². The predicted octanol–water partition coefficient (Wildman–Crippen LogP) is 4.28. The molecule has 2 heterocycles. The molecule has 0 saturated carbocycles. The molecule has 1 aliphatic rings. The van der Waals surface area contributed by atoms with Crippen molar-refractivity contribution in [3.05, 3.63) is 99.5 Å². The molecule has 0 radical (unpaired) electrons. The van der Waals surface area contributed by atoms with Crippen molar-refractivity contribution in [1.29, 1.82) is 0 Å². The van der Waals surface area contributed by atoms with Crippen LogP contribution in [0.15, 0.2) is 71.5 Å². The Bertz CT molecular complexity index is 1170. The number of ether oxygens (including phenoxy) is 1. The van der Waals surface area contributed by atoms with Gasteiger partial charge in [0.05, 0.1) is 30.7 Å². The second-order valence-corrected chi connectivity index (χ2v) is 8.84. The number of hydrogen-bond acceptors (Lipinski definition) is 5. The summed E-state index contributed by atoms with van der Waals surface area (Å²) < 4.78 is 6.95. The van der Waals surface area contributed by atoms with E-state index in [1.807, 2.05) is 74.5 Å². The lowest BCUT2D eigenvalue weighted by Crippen LogP contribution is -2.42. The normalized spacial score (nSPS) is 15.7. The molecule has 1 N–H and O–H groups in total. The molecule has 1 saturated heterocycles. The molecule has 1 aliphatic heterocycles. The van der Waals surface area contributed by atoms with Crippen LogP contribution in [0, 0.1) is 12.8 Å². The summed E-state index contributed by atoms with van der Waals surface area (Å²) in [4.78, 5) is 28.3. The third-order valence-corrected chi connectivity index (χ3v) is 6.61. The number of aromatic nitrogens is 1. The highest BCUT2D eigenvalue weighted by molar-refractivity contribution is 5.72. The van der Waals surface area contributed by atoms with Crippen LogP contribution < -0.4 is 5.56 Å². The van der Waals surface area contributed by atoms with Crippen molar-refractivity contribution in [2.75, 3.05) is 19.7 Å². The molecular weight excluding hydrogens is 428 g/mol. The van der Waals surface area contributed by atoms with Crippen molar-refractivity contribution in [3.8, 4) is 5.75 Å². The van der Waals surface area contributed by atoms with Crippen LogP contribution in [0.5, 0.6) is 5.75 Å². The van der Waals surface area contributed by atoms with E-state index in [1.165, 1.54) is 0 Å². The molecule has 0 aliphatic carbocycles. The van der Waals surface area contributed by atoms with Crippen molar-refractivity contribution < 1.29 is 14.6 Å². The van der Waals surface area contributed by atoms with E-state index in [9.17, 15) is 14.7 Å². The van der Waals surface area contributed by atoms with E-state index in [-0.39, 0.29) is 23.2 Å². The van der Waals surface area contributed by atoms with E-state index >= 15 is 0 Å². The molecular formula is C28H32N2O4. The first-order valence-corrected chi connectivity index (χ1v) is 11.9. The van der Waals surface area contributed by atoms with Gasteiger partial charge >= 0.3 is 5.97 Å². The van der Waals surface area contributed by atoms with Crippen molar-refractivity contribution in [2.45, 2.75) is 39.3 Å². The Morgan fingerprint density at radius 1 is 1.06 bits per heavy atom. The van der Waals surface area contributed by atoms with Gasteiger partial charge in [0, 0.05) is 5.69 Å². The monoisotopic (exact) mass is 460 g/mol. The summed E-state index contributed by atoms with van der Waals surface area (Å²) >= 11 is 0. The number of likely N-dealkylation sites (tertiary alicyclic amines) is 1. The van der Waals surface area contributed by atoms with Crippen LogP contribution in [0.4, 0.5) is 0 Å². The molecule has 0 spiro atoms. The quantitative estimate of drug-likeness (QED) is 0.533. The molecule has 2 aromatic carbocycles. The van der Waals surface area contributed by atoms with Gasteiger partial charge in [0.25, 0.3) is 5.56 Å². The van der Waals surface area contributed by atoms with E-state index in [1.54, 1.807) is 10.6 Å². The third-order valence-electron chi connectivity index (χ3n) is 6.61. The van der Waals surface area contributed by atoms with E-state index < -0.39 is 6.04 Å². The Balaban J connectivity index is 1.72. The maximum Gasteiger partial charge on any atom is 0.309 e. The number of hydrogen-bond donors (Lipinski definition) is 1. The summed E-state index contributed by atoms with van der Waals surface area (Å²) in [6, 6.07) is 20.9. The average Bonchev–Trinajstić information content (AvgIpc) is 2.86. The molecule has 4 rings (SSSR count). The molecule has 1 aromatic heterocycles. The summed E-state index contributed by atoms with van der Waals surface area (Å²) in [5.74, 6) is -0.274. The number of benzene rings is 2. The minimum atomic E-state index is -0.403. The predicted molar refractivity (Wildman–Crippen MR) is 132 cm³/mol. The highest BCUT2D eigenvalue weighted by Gasteiger charge is 2.34. The van der Waals surface area contributed by atoms with Gasteiger partial charge in [0.1, 0.15) is 5.75 Å².